The summed E-state index contributed by atoms with van der Waals surface area (Å²) in [5.41, 5.74) is 2.89. The maximum absolute atomic E-state index is 12.6. The van der Waals surface area contributed by atoms with E-state index >= 15 is 0 Å². The number of carbonyl (C=O) groups excluding carboxylic acids is 1. The van der Waals surface area contributed by atoms with Gasteiger partial charge in [-0.25, -0.2) is 13.4 Å². The first-order valence-corrected chi connectivity index (χ1v) is 13.6. The summed E-state index contributed by atoms with van der Waals surface area (Å²) in [6, 6.07) is 16.3. The highest BCUT2D eigenvalue weighted by Crippen LogP contribution is 2.31. The number of hydrogen-bond acceptors (Lipinski definition) is 6. The van der Waals surface area contributed by atoms with Gasteiger partial charge >= 0.3 is 0 Å². The third kappa shape index (κ3) is 5.37. The normalized spacial score (nSPS) is 12.2. The Bertz CT molecular complexity index is 1430. The molecule has 178 valence electrons. The predicted molar refractivity (Wildman–Crippen MR) is 137 cm³/mol. The van der Waals surface area contributed by atoms with Crippen LogP contribution in [0.2, 0.25) is 0 Å². The Morgan fingerprint density at radius 1 is 1.09 bits per heavy atom. The fraction of sp³-hybridized carbons (Fsp3) is 0.320. The molecule has 1 amide bonds. The lowest BCUT2D eigenvalue weighted by atomic mass is 9.87. The number of nitrogens with zero attached hydrogens (tertiary/aromatic N) is 3. The second kappa shape index (κ2) is 9.31. The summed E-state index contributed by atoms with van der Waals surface area (Å²) in [7, 11) is -3.41. The number of benzene rings is 2. The molecule has 0 fully saturated rings. The van der Waals surface area contributed by atoms with Crippen LogP contribution in [0.5, 0.6) is 0 Å². The molecule has 9 heteroatoms. The van der Waals surface area contributed by atoms with Crippen molar-refractivity contribution in [3.63, 3.8) is 0 Å². The van der Waals surface area contributed by atoms with Gasteiger partial charge in [0, 0.05) is 12.5 Å². The van der Waals surface area contributed by atoms with Gasteiger partial charge in [0.25, 0.3) is 0 Å². The Hall–Kier alpha value is -3.04. The molecule has 0 bridgehead atoms. The Morgan fingerprint density at radius 2 is 1.82 bits per heavy atom. The zero-order valence-corrected chi connectivity index (χ0v) is 21.3. The molecule has 0 aliphatic carbocycles. The number of thiazole rings is 1. The molecule has 2 aromatic carbocycles. The van der Waals surface area contributed by atoms with Crippen LogP contribution in [0.3, 0.4) is 0 Å². The second-order valence-electron chi connectivity index (χ2n) is 9.30. The van der Waals surface area contributed by atoms with Gasteiger partial charge in [-0.05, 0) is 48.6 Å². The third-order valence-electron chi connectivity index (χ3n) is 5.44. The molecule has 0 saturated heterocycles. The topological polar surface area (TPSA) is 94.0 Å². The van der Waals surface area contributed by atoms with Gasteiger partial charge in [-0.15, -0.1) is 0 Å². The number of nitrogens with one attached hydrogen (secondary N) is 1. The summed E-state index contributed by atoms with van der Waals surface area (Å²) in [5.74, 6) is 0.167. The van der Waals surface area contributed by atoms with E-state index in [1.165, 1.54) is 16.9 Å². The zero-order valence-electron chi connectivity index (χ0n) is 19.7. The highest BCUT2D eigenvalue weighted by molar-refractivity contribution is 7.91. The average molecular weight is 497 g/mol. The molecule has 2 aromatic heterocycles. The molecule has 0 atom stereocenters. The number of aryl methyl sites for hydroxylation is 1. The van der Waals surface area contributed by atoms with Crippen LogP contribution in [0.4, 0.5) is 5.82 Å². The summed E-state index contributed by atoms with van der Waals surface area (Å²) < 4.78 is 27.6. The summed E-state index contributed by atoms with van der Waals surface area (Å²) in [5, 5.41) is 8.05. The van der Waals surface area contributed by atoms with Crippen LogP contribution in [0.15, 0.2) is 59.5 Å². The monoisotopic (exact) mass is 496 g/mol. The predicted octanol–water partition coefficient (Wildman–Crippen LogP) is 5.28. The van der Waals surface area contributed by atoms with Gasteiger partial charge in [-0.1, -0.05) is 56.4 Å². The summed E-state index contributed by atoms with van der Waals surface area (Å²) in [6.45, 7) is 8.37. The first kappa shape index (κ1) is 24.1. The fourth-order valence-corrected chi connectivity index (χ4v) is 5.88. The first-order valence-electron chi connectivity index (χ1n) is 11.1. The quantitative estimate of drug-likeness (QED) is 0.376. The summed E-state index contributed by atoms with van der Waals surface area (Å²) in [4.78, 5) is 17.6. The van der Waals surface area contributed by atoms with Crippen LogP contribution >= 0.6 is 11.3 Å². The zero-order chi connectivity index (χ0) is 24.5. The van der Waals surface area contributed by atoms with Crippen molar-refractivity contribution in [2.75, 3.05) is 11.1 Å². The van der Waals surface area contributed by atoms with Crippen LogP contribution in [0.1, 0.15) is 44.9 Å². The van der Waals surface area contributed by atoms with Crippen LogP contribution < -0.4 is 5.32 Å². The van der Waals surface area contributed by atoms with Crippen molar-refractivity contribution in [2.45, 2.75) is 50.8 Å². The summed E-state index contributed by atoms with van der Waals surface area (Å²) >= 11 is 1.51. The second-order valence-corrected chi connectivity index (χ2v) is 12.4. The number of sulfone groups is 1. The molecule has 0 radical (unpaired) electrons. The molecule has 0 aliphatic heterocycles. The minimum atomic E-state index is -3.41. The van der Waals surface area contributed by atoms with Crippen molar-refractivity contribution in [1.29, 1.82) is 0 Å². The number of carbonyl (C=O) groups is 1. The Balaban J connectivity index is 1.47. The highest BCUT2D eigenvalue weighted by Gasteiger charge is 2.19. The molecular weight excluding hydrogens is 468 g/mol. The van der Waals surface area contributed by atoms with E-state index in [1.807, 2.05) is 13.0 Å². The van der Waals surface area contributed by atoms with Crippen LogP contribution in [0, 0.1) is 6.92 Å². The molecule has 2 heterocycles. The van der Waals surface area contributed by atoms with Crippen LogP contribution in [0.25, 0.3) is 15.3 Å². The van der Waals surface area contributed by atoms with Crippen molar-refractivity contribution in [3.8, 4) is 5.13 Å². The van der Waals surface area contributed by atoms with Crippen LogP contribution in [-0.4, -0.2) is 34.8 Å². The van der Waals surface area contributed by atoms with Gasteiger partial charge in [0.1, 0.15) is 5.82 Å². The van der Waals surface area contributed by atoms with Crippen LogP contribution in [-0.2, 0) is 20.0 Å². The third-order valence-corrected chi connectivity index (χ3v) is 8.25. The standard InChI is InChI=1S/C25H28N4O3S2/c1-17-15-22(27-23(30)11-8-14-34(31,32)19-9-6-5-7-10-19)29(28-17)24-26-20-13-12-18(25(2,3)4)16-21(20)33-24/h5-7,9-10,12-13,15-16H,8,11,14H2,1-4H3,(H,27,30). The number of amides is 1. The fourth-order valence-electron chi connectivity index (χ4n) is 3.58. The van der Waals surface area contributed by atoms with Gasteiger partial charge in [-0.2, -0.15) is 9.78 Å². The SMILES string of the molecule is Cc1cc(NC(=O)CCCS(=O)(=O)c2ccccc2)n(-c2nc3ccc(C(C)(C)C)cc3s2)n1. The van der Waals surface area contributed by atoms with Gasteiger partial charge in [0.05, 0.1) is 26.6 Å². The number of aromatic nitrogens is 3. The van der Waals surface area contributed by atoms with Crippen molar-refractivity contribution in [2.24, 2.45) is 0 Å². The van der Waals surface area contributed by atoms with E-state index in [0.29, 0.717) is 10.9 Å². The van der Waals surface area contributed by atoms with E-state index in [4.69, 9.17) is 4.98 Å². The Kier molecular flexibility index (Phi) is 6.60. The minimum Gasteiger partial charge on any atom is -0.311 e. The van der Waals surface area contributed by atoms with E-state index in [1.54, 1.807) is 41.1 Å². The van der Waals surface area contributed by atoms with E-state index < -0.39 is 9.84 Å². The highest BCUT2D eigenvalue weighted by atomic mass is 32.2. The van der Waals surface area contributed by atoms with Crippen molar-refractivity contribution in [3.05, 3.63) is 65.9 Å². The van der Waals surface area contributed by atoms with E-state index in [9.17, 15) is 13.2 Å². The smallest absolute Gasteiger partial charge is 0.225 e. The maximum atomic E-state index is 12.6. The molecule has 4 aromatic rings. The lowest BCUT2D eigenvalue weighted by Gasteiger charge is -2.18. The molecule has 0 spiro atoms. The molecule has 7 nitrogen and oxygen atoms in total. The van der Waals surface area contributed by atoms with E-state index in [0.717, 1.165) is 15.9 Å². The molecule has 1 N–H and O–H groups in total. The van der Waals surface area contributed by atoms with Gasteiger partial charge in [-0.3, -0.25) is 4.79 Å². The molecule has 34 heavy (non-hydrogen) atoms. The number of anilines is 1. The lowest BCUT2D eigenvalue weighted by molar-refractivity contribution is -0.116. The lowest BCUT2D eigenvalue weighted by Crippen LogP contribution is -2.16. The number of fused-ring (bicyclic) bond motifs is 1. The largest absolute Gasteiger partial charge is 0.311 e. The van der Waals surface area contributed by atoms with Gasteiger partial charge < -0.3 is 5.32 Å². The first-order chi connectivity index (χ1) is 16.0. The minimum absolute atomic E-state index is 0.0355. The number of hydrogen-bond donors (Lipinski definition) is 1. The van der Waals surface area contributed by atoms with Crippen molar-refractivity contribution >= 4 is 43.1 Å². The van der Waals surface area contributed by atoms with Gasteiger partial charge in [0.2, 0.25) is 11.0 Å². The molecular formula is C25H28N4O3S2. The molecule has 0 unspecified atom stereocenters. The average Bonchev–Trinajstić information content (AvgIpc) is 3.35. The van der Waals surface area contributed by atoms with Crippen molar-refractivity contribution in [1.82, 2.24) is 14.8 Å². The van der Waals surface area contributed by atoms with Gasteiger partial charge in [0.15, 0.2) is 9.84 Å². The molecule has 0 saturated carbocycles. The Morgan fingerprint density at radius 3 is 2.53 bits per heavy atom. The maximum Gasteiger partial charge on any atom is 0.225 e. The molecule has 0 aliphatic rings. The van der Waals surface area contributed by atoms with E-state index in [-0.39, 0.29) is 34.8 Å². The Labute approximate surface area is 203 Å². The molecule has 4 rings (SSSR count). The number of rotatable bonds is 7. The van der Waals surface area contributed by atoms with Crippen molar-refractivity contribution < 1.29 is 13.2 Å². The van der Waals surface area contributed by atoms with E-state index in [2.05, 4.69) is 43.3 Å². The summed E-state index contributed by atoms with van der Waals surface area (Å²) in [6.07, 6.45) is 0.317.